The summed E-state index contributed by atoms with van der Waals surface area (Å²) in [5.41, 5.74) is 5.37. The third kappa shape index (κ3) is 44.9. The molecule has 0 aliphatic carbocycles. The van der Waals surface area contributed by atoms with Crippen LogP contribution in [0.5, 0.6) is 0 Å². The monoisotopic (exact) mass is 820 g/mol. The fourth-order valence-corrected chi connectivity index (χ4v) is 6.78. The third-order valence-electron chi connectivity index (χ3n) is 9.36. The Morgan fingerprint density at radius 2 is 0.982 bits per heavy atom. The Labute approximate surface area is 350 Å². The summed E-state index contributed by atoms with van der Waals surface area (Å²) in [4.78, 5) is 22.5. The molecule has 57 heavy (non-hydrogen) atoms. The van der Waals surface area contributed by atoms with Gasteiger partial charge in [0.25, 0.3) is 0 Å². The van der Waals surface area contributed by atoms with Crippen LogP contribution in [0, 0.1) is 0 Å². The molecule has 0 amide bonds. The van der Waals surface area contributed by atoms with E-state index in [2.05, 4.69) is 86.8 Å². The highest BCUT2D eigenvalue weighted by Crippen LogP contribution is 2.43. The minimum absolute atomic E-state index is 0.0918. The van der Waals surface area contributed by atoms with Crippen molar-refractivity contribution in [3.63, 3.8) is 0 Å². The Morgan fingerprint density at radius 1 is 0.544 bits per heavy atom. The SMILES string of the molecule is CC/C=C\C/C=C\C/C=C\C/C=C\C/C=C\CCCCCCOCC(COP(=O)(O)OCCN)OC(=O)CCCCCCCCC/C=C\CCCCCCCCC. The number of rotatable bonds is 43. The van der Waals surface area contributed by atoms with Gasteiger partial charge in [0.1, 0.15) is 6.10 Å². The molecule has 0 spiro atoms. The average Bonchev–Trinajstić information content (AvgIpc) is 3.20. The number of carbonyl (C=O) groups is 1. The molecule has 2 atom stereocenters. The molecule has 3 N–H and O–H groups in total. The van der Waals surface area contributed by atoms with Gasteiger partial charge < -0.3 is 20.1 Å². The van der Waals surface area contributed by atoms with Crippen molar-refractivity contribution >= 4 is 13.8 Å². The predicted molar refractivity (Wildman–Crippen MR) is 242 cm³/mol. The van der Waals surface area contributed by atoms with Crippen LogP contribution < -0.4 is 5.73 Å². The summed E-state index contributed by atoms with van der Waals surface area (Å²) in [5.74, 6) is -0.346. The maximum Gasteiger partial charge on any atom is 0.472 e. The van der Waals surface area contributed by atoms with Crippen molar-refractivity contribution in [2.24, 2.45) is 5.73 Å². The number of carbonyl (C=O) groups excluding carboxylic acids is 1. The smallest absolute Gasteiger partial charge is 0.457 e. The van der Waals surface area contributed by atoms with Gasteiger partial charge in [-0.15, -0.1) is 0 Å². The van der Waals surface area contributed by atoms with E-state index in [1.54, 1.807) is 0 Å². The van der Waals surface area contributed by atoms with Crippen molar-refractivity contribution in [3.8, 4) is 0 Å². The zero-order valence-electron chi connectivity index (χ0n) is 36.6. The Kier molecular flexibility index (Phi) is 43.4. The molecule has 2 unspecified atom stereocenters. The highest BCUT2D eigenvalue weighted by molar-refractivity contribution is 7.47. The number of phosphoric ester groups is 1. The lowest BCUT2D eigenvalue weighted by Gasteiger charge is -2.20. The van der Waals surface area contributed by atoms with Gasteiger partial charge in [0.05, 0.1) is 19.8 Å². The second-order valence-corrected chi connectivity index (χ2v) is 16.3. The van der Waals surface area contributed by atoms with Crippen LogP contribution in [0.2, 0.25) is 0 Å². The first-order chi connectivity index (χ1) is 27.9. The summed E-state index contributed by atoms with van der Waals surface area (Å²) in [7, 11) is -4.29. The van der Waals surface area contributed by atoms with Crippen LogP contribution in [0.3, 0.4) is 0 Å². The predicted octanol–water partition coefficient (Wildman–Crippen LogP) is 13.9. The maximum atomic E-state index is 12.6. The standard InChI is InChI=1S/C48H86NO7P/c1-3-5-7-9-11-13-15-17-19-21-23-24-26-28-30-32-34-36-38-40-43-53-45-47(46-55-57(51,52)54-44-42-49)56-48(50)41-39-37-35-33-31-29-27-25-22-20-18-16-14-12-10-8-6-4-2/h5,7,11,13,17,19-20,22-24,28,30,47H,3-4,6,8-10,12,14-16,18,21,25-27,29,31-46,49H2,1-2H3,(H,51,52)/b7-5-,13-11-,19-17-,22-20-,24-23-,30-28-. The van der Waals surface area contributed by atoms with Crippen LogP contribution in [0.1, 0.15) is 187 Å². The van der Waals surface area contributed by atoms with Gasteiger partial charge in [-0.05, 0) is 83.5 Å². The minimum Gasteiger partial charge on any atom is -0.457 e. The molecule has 9 heteroatoms. The first-order valence-electron chi connectivity index (χ1n) is 22.9. The molecular formula is C48H86NO7P. The lowest BCUT2D eigenvalue weighted by atomic mass is 10.1. The normalized spacial score (nSPS) is 14.1. The van der Waals surface area contributed by atoms with Crippen molar-refractivity contribution in [2.45, 2.75) is 193 Å². The van der Waals surface area contributed by atoms with Gasteiger partial charge in [-0.25, -0.2) is 4.57 Å². The molecule has 0 saturated carbocycles. The fraction of sp³-hybridized carbons (Fsp3) is 0.729. The van der Waals surface area contributed by atoms with Crippen molar-refractivity contribution < 1.29 is 32.8 Å². The van der Waals surface area contributed by atoms with E-state index in [1.807, 2.05) is 0 Å². The molecule has 0 rings (SSSR count). The number of phosphoric acid groups is 1. The van der Waals surface area contributed by atoms with Gasteiger partial charge in [-0.2, -0.15) is 0 Å². The molecule has 0 fully saturated rings. The summed E-state index contributed by atoms with van der Waals surface area (Å²) < 4.78 is 33.5. The first kappa shape index (κ1) is 54.9. The highest BCUT2D eigenvalue weighted by atomic mass is 31.2. The first-order valence-corrected chi connectivity index (χ1v) is 24.4. The third-order valence-corrected chi connectivity index (χ3v) is 10.3. The lowest BCUT2D eigenvalue weighted by molar-refractivity contribution is -0.154. The molecule has 0 bridgehead atoms. The van der Waals surface area contributed by atoms with E-state index in [1.165, 1.54) is 83.5 Å². The molecule has 0 aromatic carbocycles. The summed E-state index contributed by atoms with van der Waals surface area (Å²) in [6.07, 6.45) is 56.4. The zero-order chi connectivity index (χ0) is 41.6. The Balaban J connectivity index is 4.08. The fourth-order valence-electron chi connectivity index (χ4n) is 6.02. The summed E-state index contributed by atoms with van der Waals surface area (Å²) in [5, 5.41) is 0. The van der Waals surface area contributed by atoms with Crippen molar-refractivity contribution in [1.29, 1.82) is 0 Å². The summed E-state index contributed by atoms with van der Waals surface area (Å²) in [6.45, 7) is 4.73. The topological polar surface area (TPSA) is 117 Å². The molecule has 0 radical (unpaired) electrons. The molecule has 0 aromatic heterocycles. The largest absolute Gasteiger partial charge is 0.472 e. The Morgan fingerprint density at radius 3 is 1.49 bits per heavy atom. The van der Waals surface area contributed by atoms with Gasteiger partial charge >= 0.3 is 13.8 Å². The molecule has 0 heterocycles. The zero-order valence-corrected chi connectivity index (χ0v) is 37.4. The van der Waals surface area contributed by atoms with Gasteiger partial charge in [0, 0.05) is 19.6 Å². The molecule has 330 valence electrons. The number of hydrogen-bond donors (Lipinski definition) is 2. The summed E-state index contributed by atoms with van der Waals surface area (Å²) in [6, 6.07) is 0. The van der Waals surface area contributed by atoms with Crippen LogP contribution in [0.25, 0.3) is 0 Å². The number of unbranched alkanes of at least 4 members (excludes halogenated alkanes) is 18. The van der Waals surface area contributed by atoms with E-state index < -0.39 is 13.9 Å². The van der Waals surface area contributed by atoms with E-state index in [0.717, 1.165) is 83.5 Å². The van der Waals surface area contributed by atoms with Crippen LogP contribution in [-0.4, -0.2) is 49.9 Å². The highest BCUT2D eigenvalue weighted by Gasteiger charge is 2.25. The Bertz CT molecular complexity index is 1100. The number of hydrogen-bond acceptors (Lipinski definition) is 7. The lowest BCUT2D eigenvalue weighted by Crippen LogP contribution is -2.28. The van der Waals surface area contributed by atoms with Crippen LogP contribution >= 0.6 is 7.82 Å². The van der Waals surface area contributed by atoms with Crippen LogP contribution in [0.4, 0.5) is 0 Å². The summed E-state index contributed by atoms with van der Waals surface area (Å²) >= 11 is 0. The number of allylic oxidation sites excluding steroid dienone is 12. The minimum atomic E-state index is -4.29. The Hall–Kier alpha value is -2.06. The van der Waals surface area contributed by atoms with Gasteiger partial charge in [-0.3, -0.25) is 13.8 Å². The molecule has 8 nitrogen and oxygen atoms in total. The van der Waals surface area contributed by atoms with Crippen molar-refractivity contribution in [1.82, 2.24) is 0 Å². The molecule has 0 aliphatic heterocycles. The van der Waals surface area contributed by atoms with Crippen LogP contribution in [0.15, 0.2) is 72.9 Å². The van der Waals surface area contributed by atoms with E-state index in [-0.39, 0.29) is 32.3 Å². The van der Waals surface area contributed by atoms with Crippen LogP contribution in [-0.2, 0) is 27.9 Å². The molecule has 0 saturated heterocycles. The second-order valence-electron chi connectivity index (χ2n) is 14.9. The van der Waals surface area contributed by atoms with Gasteiger partial charge in [0.2, 0.25) is 0 Å². The number of nitrogens with two attached hydrogens (primary N) is 1. The quantitative estimate of drug-likeness (QED) is 0.0270. The van der Waals surface area contributed by atoms with Gasteiger partial charge in [-0.1, -0.05) is 170 Å². The average molecular weight is 820 g/mol. The van der Waals surface area contributed by atoms with E-state index in [4.69, 9.17) is 24.3 Å². The second kappa shape index (κ2) is 45.0. The van der Waals surface area contributed by atoms with E-state index >= 15 is 0 Å². The van der Waals surface area contributed by atoms with Gasteiger partial charge in [0.15, 0.2) is 0 Å². The molecule has 0 aliphatic rings. The van der Waals surface area contributed by atoms with Crippen molar-refractivity contribution in [3.05, 3.63) is 72.9 Å². The van der Waals surface area contributed by atoms with E-state index in [9.17, 15) is 14.3 Å². The molecule has 0 aromatic rings. The number of esters is 1. The van der Waals surface area contributed by atoms with Crippen molar-refractivity contribution in [2.75, 3.05) is 33.0 Å². The maximum absolute atomic E-state index is 12.6. The van der Waals surface area contributed by atoms with E-state index in [0.29, 0.717) is 13.0 Å². The number of ether oxygens (including phenoxy) is 2. The molecular weight excluding hydrogens is 734 g/mol.